The molecule has 2 rings (SSSR count). The van der Waals surface area contributed by atoms with E-state index < -0.39 is 11.5 Å². The van der Waals surface area contributed by atoms with Crippen LogP contribution < -0.4 is 10.7 Å². The van der Waals surface area contributed by atoms with Gasteiger partial charge in [0, 0.05) is 18.0 Å². The molecule has 0 aliphatic carbocycles. The predicted octanol–water partition coefficient (Wildman–Crippen LogP) is -0.156. The molecular weight excluding hydrogens is 270 g/mol. The highest BCUT2D eigenvalue weighted by Gasteiger charge is 2.06. The van der Waals surface area contributed by atoms with Crippen LogP contribution in [-0.2, 0) is 0 Å². The van der Waals surface area contributed by atoms with E-state index in [0.717, 1.165) is 10.4 Å². The number of hydrogen-bond donors (Lipinski definition) is 1. The van der Waals surface area contributed by atoms with Gasteiger partial charge in [0.2, 0.25) is 0 Å². The highest BCUT2D eigenvalue weighted by molar-refractivity contribution is 6.30. The van der Waals surface area contributed by atoms with Crippen molar-refractivity contribution < 1.29 is 5.11 Å². The summed E-state index contributed by atoms with van der Waals surface area (Å²) in [5.41, 5.74) is -0.199. The molecule has 0 radical (unpaired) electrons. The minimum Gasteiger partial charge on any atom is -0.857 e. The standard InChI is InChI=1S/C11H10ClN5O2/c1-13-10(18)9-11(19)17(16-15-9)14-6-7-2-4-8(12)5-3-7/h2-6,16H,1H3,(H,13,18)/p-1/b14-6+. The minimum absolute atomic E-state index is 0.296. The van der Waals surface area contributed by atoms with Gasteiger partial charge in [-0.1, -0.05) is 23.7 Å². The Morgan fingerprint density at radius 1 is 1.47 bits per heavy atom. The van der Waals surface area contributed by atoms with Gasteiger partial charge in [-0.25, -0.2) is 0 Å². The summed E-state index contributed by atoms with van der Waals surface area (Å²) in [7, 11) is 1.29. The van der Waals surface area contributed by atoms with Gasteiger partial charge in [-0.15, -0.1) is 4.79 Å². The van der Waals surface area contributed by atoms with Crippen LogP contribution in [0, 0.1) is 0 Å². The highest BCUT2D eigenvalue weighted by atomic mass is 35.5. The van der Waals surface area contributed by atoms with Crippen molar-refractivity contribution in [1.82, 2.24) is 15.1 Å². The smallest absolute Gasteiger partial charge is 0.316 e. The van der Waals surface area contributed by atoms with Crippen LogP contribution in [0.3, 0.4) is 0 Å². The fourth-order valence-electron chi connectivity index (χ4n) is 1.29. The van der Waals surface area contributed by atoms with E-state index in [-0.39, 0.29) is 5.69 Å². The number of H-pyrrole nitrogens is 1. The molecule has 8 heteroatoms. The molecule has 98 valence electrons. The molecule has 0 aliphatic heterocycles. The Kier molecular flexibility index (Phi) is 3.76. The monoisotopic (exact) mass is 278 g/mol. The maximum Gasteiger partial charge on any atom is 0.316 e. The Morgan fingerprint density at radius 3 is 2.79 bits per heavy atom. The van der Waals surface area contributed by atoms with Gasteiger partial charge in [0.05, 0.1) is 6.21 Å². The molecule has 0 fully saturated rings. The lowest BCUT2D eigenvalue weighted by Gasteiger charge is -2.01. The van der Waals surface area contributed by atoms with Gasteiger partial charge in [-0.05, 0) is 17.7 Å². The van der Waals surface area contributed by atoms with E-state index in [2.05, 4.69) is 20.4 Å². The zero-order valence-corrected chi connectivity index (χ0v) is 10.6. The average molecular weight is 279 g/mol. The van der Waals surface area contributed by atoms with Crippen molar-refractivity contribution in [3.05, 3.63) is 50.9 Å². The number of aliphatic imine (C=N–C) groups is 1. The second-order valence-electron chi connectivity index (χ2n) is 3.50. The van der Waals surface area contributed by atoms with Crippen LogP contribution in [0.5, 0.6) is 0 Å². The molecule has 1 aromatic heterocycles. The van der Waals surface area contributed by atoms with Crippen LogP contribution in [0.1, 0.15) is 11.3 Å². The average Bonchev–Trinajstić information content (AvgIpc) is 2.79. The Labute approximate surface area is 112 Å². The Balaban J connectivity index is 2.27. The van der Waals surface area contributed by atoms with E-state index in [1.807, 2.05) is 0 Å². The Hall–Kier alpha value is -2.41. The molecule has 1 heterocycles. The second kappa shape index (κ2) is 5.49. The van der Waals surface area contributed by atoms with Crippen LogP contribution in [0.25, 0.3) is 0 Å². The van der Waals surface area contributed by atoms with Gasteiger partial charge in [-0.2, -0.15) is 15.4 Å². The topological polar surface area (TPSA) is 98.5 Å². The molecule has 1 aromatic carbocycles. The molecule has 1 N–H and O–H groups in total. The maximum atomic E-state index is 11.7. The quantitative estimate of drug-likeness (QED) is 0.624. The summed E-state index contributed by atoms with van der Waals surface area (Å²) in [5, 5.41) is 21.6. The van der Waals surface area contributed by atoms with E-state index in [1.54, 1.807) is 24.3 Å². The summed E-state index contributed by atoms with van der Waals surface area (Å²) in [6, 6.07) is 6.87. The number of benzene rings is 1. The number of aromatic nitrogens is 3. The second-order valence-corrected chi connectivity index (χ2v) is 3.94. The number of rotatable bonds is 3. The van der Waals surface area contributed by atoms with Crippen LogP contribution in [0.4, 0.5) is 0 Å². The molecule has 0 saturated heterocycles. The van der Waals surface area contributed by atoms with Crippen LogP contribution in [-0.4, -0.2) is 34.3 Å². The molecule has 0 unspecified atom stereocenters. The third kappa shape index (κ3) is 2.89. The van der Waals surface area contributed by atoms with E-state index in [9.17, 15) is 9.90 Å². The Morgan fingerprint density at radius 2 is 2.16 bits per heavy atom. The molecule has 2 aromatic rings. The van der Waals surface area contributed by atoms with Crippen molar-refractivity contribution >= 4 is 23.7 Å². The van der Waals surface area contributed by atoms with Gasteiger partial charge < -0.3 is 10.1 Å². The Bertz CT molecular complexity index is 684. The molecule has 0 saturated carbocycles. The first kappa shape index (κ1) is 13.0. The van der Waals surface area contributed by atoms with E-state index in [1.165, 1.54) is 13.3 Å². The minimum atomic E-state index is -0.693. The molecule has 7 nitrogen and oxygen atoms in total. The molecular formula is C11H9ClN5O2-. The van der Waals surface area contributed by atoms with Gasteiger partial charge >= 0.3 is 5.56 Å². The van der Waals surface area contributed by atoms with Crippen molar-refractivity contribution in [2.45, 2.75) is 0 Å². The number of nitrogens with one attached hydrogen (secondary N) is 1. The van der Waals surface area contributed by atoms with Gasteiger partial charge in [0.15, 0.2) is 5.69 Å². The summed E-state index contributed by atoms with van der Waals surface area (Å²) in [5.74, 6) is -0.693. The maximum absolute atomic E-state index is 11.7. The predicted molar refractivity (Wildman–Crippen MR) is 69.8 cm³/mol. The van der Waals surface area contributed by atoms with Crippen molar-refractivity contribution in [2.75, 3.05) is 7.05 Å². The zero-order valence-electron chi connectivity index (χ0n) is 9.87. The number of aromatic amines is 1. The van der Waals surface area contributed by atoms with Gasteiger partial charge in [0.1, 0.15) is 0 Å². The molecule has 0 bridgehead atoms. The first-order valence-electron chi connectivity index (χ1n) is 5.23. The van der Waals surface area contributed by atoms with E-state index in [0.29, 0.717) is 5.02 Å². The van der Waals surface area contributed by atoms with Gasteiger partial charge in [0.25, 0.3) is 0 Å². The first-order valence-corrected chi connectivity index (χ1v) is 5.61. The van der Waals surface area contributed by atoms with Gasteiger partial charge in [-0.3, -0.25) is 4.79 Å². The molecule has 19 heavy (non-hydrogen) atoms. The summed E-state index contributed by atoms with van der Waals surface area (Å²) >= 11 is 5.74. The van der Waals surface area contributed by atoms with Crippen molar-refractivity contribution in [3.8, 4) is 0 Å². The molecule has 0 atom stereocenters. The molecule has 0 spiro atoms. The number of nitrogens with zero attached hydrogens (tertiary/aromatic N) is 4. The van der Waals surface area contributed by atoms with Crippen LogP contribution in [0.2, 0.25) is 5.02 Å². The summed E-state index contributed by atoms with van der Waals surface area (Å²) in [4.78, 5) is 15.9. The summed E-state index contributed by atoms with van der Waals surface area (Å²) in [6.07, 6.45) is 1.44. The highest BCUT2D eigenvalue weighted by Crippen LogP contribution is 2.07. The lowest BCUT2D eigenvalue weighted by Crippen LogP contribution is -2.27. The lowest BCUT2D eigenvalue weighted by atomic mass is 10.2. The first-order chi connectivity index (χ1) is 9.11. The molecule has 0 amide bonds. The SMILES string of the molecule is CN=C([O-])c1n[nH]n(/N=C/c2ccc(Cl)cc2)c1=O. The zero-order chi connectivity index (χ0) is 13.8. The fraction of sp³-hybridized carbons (Fsp3) is 0.0909. The fourth-order valence-corrected chi connectivity index (χ4v) is 1.41. The normalized spacial score (nSPS) is 12.2. The van der Waals surface area contributed by atoms with Crippen LogP contribution in [0.15, 0.2) is 39.2 Å². The van der Waals surface area contributed by atoms with E-state index >= 15 is 0 Å². The largest absolute Gasteiger partial charge is 0.857 e. The lowest BCUT2D eigenvalue weighted by molar-refractivity contribution is -0.213. The van der Waals surface area contributed by atoms with E-state index in [4.69, 9.17) is 11.6 Å². The number of halogens is 1. The van der Waals surface area contributed by atoms with Crippen molar-refractivity contribution in [2.24, 2.45) is 10.1 Å². The third-order valence-electron chi connectivity index (χ3n) is 2.25. The van der Waals surface area contributed by atoms with Crippen molar-refractivity contribution in [1.29, 1.82) is 0 Å². The van der Waals surface area contributed by atoms with Crippen LogP contribution >= 0.6 is 11.6 Å². The summed E-state index contributed by atoms with van der Waals surface area (Å²) in [6.45, 7) is 0. The summed E-state index contributed by atoms with van der Waals surface area (Å²) < 4.78 is 0. The van der Waals surface area contributed by atoms with Crippen molar-refractivity contribution in [3.63, 3.8) is 0 Å². The molecule has 0 aliphatic rings. The number of hydrogen-bond acceptors (Lipinski definition) is 5. The third-order valence-corrected chi connectivity index (χ3v) is 2.50.